The number of nitriles is 2. The van der Waals surface area contributed by atoms with Gasteiger partial charge in [0.25, 0.3) is 0 Å². The van der Waals surface area contributed by atoms with Gasteiger partial charge in [-0.15, -0.1) is 11.3 Å². The quantitative estimate of drug-likeness (QED) is 0.638. The maximum Gasteiger partial charge on any atom is 0.239 e. The van der Waals surface area contributed by atoms with E-state index in [1.54, 1.807) is 35.7 Å². The van der Waals surface area contributed by atoms with Crippen molar-refractivity contribution in [2.24, 2.45) is 0 Å². The van der Waals surface area contributed by atoms with E-state index in [1.807, 2.05) is 23.1 Å². The highest BCUT2D eigenvalue weighted by molar-refractivity contribution is 7.14. The number of nitrogens with zero attached hydrogens (tertiary/aromatic N) is 3. The number of benzene rings is 2. The third-order valence-corrected chi connectivity index (χ3v) is 5.02. The molecule has 1 heterocycles. The van der Waals surface area contributed by atoms with Crippen molar-refractivity contribution >= 4 is 22.2 Å². The minimum absolute atomic E-state index is 0.0687. The van der Waals surface area contributed by atoms with Crippen LogP contribution in [0.25, 0.3) is 0 Å². The van der Waals surface area contributed by atoms with E-state index in [2.05, 4.69) is 11.4 Å². The van der Waals surface area contributed by atoms with E-state index in [0.29, 0.717) is 29.2 Å². The van der Waals surface area contributed by atoms with Crippen LogP contribution < -0.4 is 5.32 Å². The third kappa shape index (κ3) is 5.73. The Morgan fingerprint density at radius 2 is 1.79 bits per heavy atom. The number of thiophene rings is 1. The van der Waals surface area contributed by atoms with Crippen LogP contribution in [-0.4, -0.2) is 17.4 Å². The number of carbonyl (C=O) groups excluding carboxylic acids is 1. The van der Waals surface area contributed by atoms with Gasteiger partial charge in [0.1, 0.15) is 16.9 Å². The van der Waals surface area contributed by atoms with Gasteiger partial charge in [0.2, 0.25) is 5.91 Å². The van der Waals surface area contributed by atoms with E-state index < -0.39 is 0 Å². The van der Waals surface area contributed by atoms with Gasteiger partial charge >= 0.3 is 0 Å². The Kier molecular flexibility index (Phi) is 6.70. The first-order chi connectivity index (χ1) is 14.1. The normalized spacial score (nSPS) is 10.3. The van der Waals surface area contributed by atoms with Gasteiger partial charge in [0.05, 0.1) is 23.7 Å². The molecule has 5 nitrogen and oxygen atoms in total. The Hall–Kier alpha value is -3.52. The first-order valence-electron chi connectivity index (χ1n) is 8.80. The predicted octanol–water partition coefficient (Wildman–Crippen LogP) is 4.27. The first kappa shape index (κ1) is 20.2. The number of nitrogens with one attached hydrogen (secondary N) is 1. The Morgan fingerprint density at radius 1 is 1.03 bits per heavy atom. The van der Waals surface area contributed by atoms with Gasteiger partial charge < -0.3 is 5.32 Å². The lowest BCUT2D eigenvalue weighted by Crippen LogP contribution is -2.32. The highest BCUT2D eigenvalue weighted by Gasteiger charge is 2.15. The molecule has 1 N–H and O–H groups in total. The average Bonchev–Trinajstić information content (AvgIpc) is 3.15. The molecule has 0 aliphatic heterocycles. The van der Waals surface area contributed by atoms with E-state index >= 15 is 0 Å². The number of anilines is 1. The molecule has 1 amide bonds. The second-order valence-corrected chi connectivity index (χ2v) is 7.32. The van der Waals surface area contributed by atoms with Crippen LogP contribution in [0.3, 0.4) is 0 Å². The molecule has 0 fully saturated rings. The standard InChI is InChI=1S/C22H17FN4OS/c23-20-3-1-2-18(10-20)14-27(13-17-6-4-16(11-24)5-7-17)15-21(28)26-22-19(12-25)8-9-29-22/h1-10H,13-15H2,(H,26,28). The summed E-state index contributed by atoms with van der Waals surface area (Å²) < 4.78 is 13.6. The van der Waals surface area contributed by atoms with Crippen molar-refractivity contribution < 1.29 is 9.18 Å². The molecule has 0 aliphatic carbocycles. The van der Waals surface area contributed by atoms with Gasteiger partial charge in [-0.3, -0.25) is 9.69 Å². The zero-order chi connectivity index (χ0) is 20.6. The molecule has 144 valence electrons. The van der Waals surface area contributed by atoms with Crippen LogP contribution in [-0.2, 0) is 17.9 Å². The van der Waals surface area contributed by atoms with Crippen LogP contribution in [0, 0.1) is 28.5 Å². The Labute approximate surface area is 172 Å². The molecular formula is C22H17FN4OS. The van der Waals surface area contributed by atoms with Crippen LogP contribution in [0.5, 0.6) is 0 Å². The van der Waals surface area contributed by atoms with Gasteiger partial charge in [-0.05, 0) is 46.8 Å². The van der Waals surface area contributed by atoms with E-state index in [-0.39, 0.29) is 18.3 Å². The van der Waals surface area contributed by atoms with Crippen molar-refractivity contribution in [3.63, 3.8) is 0 Å². The third-order valence-electron chi connectivity index (χ3n) is 4.19. The topological polar surface area (TPSA) is 79.9 Å². The fourth-order valence-corrected chi connectivity index (χ4v) is 3.62. The molecule has 3 rings (SSSR count). The Morgan fingerprint density at radius 3 is 2.48 bits per heavy atom. The molecule has 0 saturated heterocycles. The van der Waals surface area contributed by atoms with Crippen molar-refractivity contribution in [1.29, 1.82) is 10.5 Å². The zero-order valence-corrected chi connectivity index (χ0v) is 16.2. The van der Waals surface area contributed by atoms with Crippen molar-refractivity contribution in [2.75, 3.05) is 11.9 Å². The van der Waals surface area contributed by atoms with Crippen LogP contribution in [0.15, 0.2) is 60.0 Å². The molecule has 0 spiro atoms. The van der Waals surface area contributed by atoms with Crippen LogP contribution >= 0.6 is 11.3 Å². The molecule has 0 radical (unpaired) electrons. The minimum Gasteiger partial charge on any atom is -0.315 e. The maximum atomic E-state index is 13.6. The van der Waals surface area contributed by atoms with Gasteiger partial charge in [0, 0.05) is 13.1 Å². The van der Waals surface area contributed by atoms with E-state index in [0.717, 1.165) is 11.1 Å². The SMILES string of the molecule is N#Cc1ccc(CN(CC(=O)Nc2sccc2C#N)Cc2cccc(F)c2)cc1. The van der Waals surface area contributed by atoms with Gasteiger partial charge in [-0.25, -0.2) is 4.39 Å². The highest BCUT2D eigenvalue weighted by atomic mass is 32.1. The molecule has 29 heavy (non-hydrogen) atoms. The second kappa shape index (κ2) is 9.61. The summed E-state index contributed by atoms with van der Waals surface area (Å²) in [5, 5.41) is 23.1. The number of hydrogen-bond donors (Lipinski definition) is 1. The second-order valence-electron chi connectivity index (χ2n) is 6.41. The number of halogens is 1. The van der Waals surface area contributed by atoms with Gasteiger partial charge in [-0.2, -0.15) is 10.5 Å². The smallest absolute Gasteiger partial charge is 0.239 e. The average molecular weight is 404 g/mol. The Balaban J connectivity index is 1.74. The van der Waals surface area contributed by atoms with Gasteiger partial charge in [-0.1, -0.05) is 24.3 Å². The Bertz CT molecular complexity index is 1080. The fourth-order valence-electron chi connectivity index (χ4n) is 2.87. The summed E-state index contributed by atoms with van der Waals surface area (Å²) in [4.78, 5) is 14.4. The maximum absolute atomic E-state index is 13.6. The summed E-state index contributed by atoms with van der Waals surface area (Å²) in [7, 11) is 0. The van der Waals surface area contributed by atoms with Crippen LogP contribution in [0.2, 0.25) is 0 Å². The van der Waals surface area contributed by atoms with E-state index in [4.69, 9.17) is 10.5 Å². The molecule has 0 bridgehead atoms. The molecule has 1 aromatic heterocycles. The molecule has 0 atom stereocenters. The molecule has 2 aromatic carbocycles. The lowest BCUT2D eigenvalue weighted by Gasteiger charge is -2.22. The zero-order valence-electron chi connectivity index (χ0n) is 15.4. The molecule has 7 heteroatoms. The van der Waals surface area contributed by atoms with Crippen LogP contribution in [0.4, 0.5) is 9.39 Å². The number of carbonyl (C=O) groups is 1. The number of rotatable bonds is 7. The molecule has 0 aliphatic rings. The fraction of sp³-hybridized carbons (Fsp3) is 0.136. The summed E-state index contributed by atoms with van der Waals surface area (Å²) >= 11 is 1.29. The molecular weight excluding hydrogens is 387 g/mol. The van der Waals surface area contributed by atoms with Crippen molar-refractivity contribution in [3.05, 3.63) is 88.0 Å². The largest absolute Gasteiger partial charge is 0.315 e. The van der Waals surface area contributed by atoms with E-state index in [9.17, 15) is 9.18 Å². The minimum atomic E-state index is -0.331. The predicted molar refractivity (Wildman–Crippen MR) is 109 cm³/mol. The van der Waals surface area contributed by atoms with Crippen molar-refractivity contribution in [3.8, 4) is 12.1 Å². The number of hydrogen-bond acceptors (Lipinski definition) is 5. The molecule has 0 saturated carbocycles. The van der Waals surface area contributed by atoms with Gasteiger partial charge in [0.15, 0.2) is 0 Å². The summed E-state index contributed by atoms with van der Waals surface area (Å²) in [6.45, 7) is 0.894. The molecule has 0 unspecified atom stereocenters. The summed E-state index contributed by atoms with van der Waals surface area (Å²) in [5.41, 5.74) is 2.67. The molecule has 3 aromatic rings. The van der Waals surface area contributed by atoms with E-state index in [1.165, 1.54) is 23.5 Å². The highest BCUT2D eigenvalue weighted by Crippen LogP contribution is 2.22. The first-order valence-corrected chi connectivity index (χ1v) is 9.68. The van der Waals surface area contributed by atoms with Crippen molar-refractivity contribution in [2.45, 2.75) is 13.1 Å². The lowest BCUT2D eigenvalue weighted by atomic mass is 10.1. The summed E-state index contributed by atoms with van der Waals surface area (Å²) in [6.07, 6.45) is 0. The van der Waals surface area contributed by atoms with Crippen LogP contribution in [0.1, 0.15) is 22.3 Å². The summed E-state index contributed by atoms with van der Waals surface area (Å²) in [5.74, 6) is -0.587. The lowest BCUT2D eigenvalue weighted by molar-refractivity contribution is -0.117. The van der Waals surface area contributed by atoms with Crippen molar-refractivity contribution in [1.82, 2.24) is 4.90 Å². The summed E-state index contributed by atoms with van der Waals surface area (Å²) in [6, 6.07) is 19.1. The number of amides is 1. The monoisotopic (exact) mass is 404 g/mol.